The standard InChI is InChI=1S/C18H21F2N5O3S/c19-14-9-15(20)11-17(10-14)29(26,27)25-3-1-23(2-4-25)16-12-18(22-21-13-16)24-5-7-28-8-6-24/h9-13H,1-8H2. The average molecular weight is 425 g/mol. The minimum atomic E-state index is -3.96. The zero-order chi connectivity index (χ0) is 20.4. The lowest BCUT2D eigenvalue weighted by Gasteiger charge is -2.35. The molecule has 0 amide bonds. The van der Waals surface area contributed by atoms with Gasteiger partial charge in [0.05, 0.1) is 30.0 Å². The molecule has 0 aliphatic carbocycles. The quantitative estimate of drug-likeness (QED) is 0.726. The summed E-state index contributed by atoms with van der Waals surface area (Å²) in [5.74, 6) is -1.07. The van der Waals surface area contributed by atoms with Crippen LogP contribution in [-0.4, -0.2) is 75.4 Å². The van der Waals surface area contributed by atoms with Gasteiger partial charge in [0, 0.05) is 51.4 Å². The van der Waals surface area contributed by atoms with Crippen LogP contribution in [0.4, 0.5) is 20.3 Å². The molecule has 2 aromatic rings. The van der Waals surface area contributed by atoms with Crippen LogP contribution in [0.2, 0.25) is 0 Å². The number of nitrogens with zero attached hydrogens (tertiary/aromatic N) is 5. The van der Waals surface area contributed by atoms with E-state index < -0.39 is 21.7 Å². The summed E-state index contributed by atoms with van der Waals surface area (Å²) in [5, 5.41) is 8.27. The van der Waals surface area contributed by atoms with Crippen molar-refractivity contribution in [2.45, 2.75) is 4.90 Å². The number of ether oxygens (including phenoxy) is 1. The van der Waals surface area contributed by atoms with E-state index in [2.05, 4.69) is 15.1 Å². The maximum Gasteiger partial charge on any atom is 0.243 e. The number of rotatable bonds is 4. The van der Waals surface area contributed by atoms with Gasteiger partial charge in [-0.2, -0.15) is 9.40 Å². The highest BCUT2D eigenvalue weighted by Crippen LogP contribution is 2.24. The van der Waals surface area contributed by atoms with Crippen LogP contribution in [0.1, 0.15) is 0 Å². The van der Waals surface area contributed by atoms with Crippen molar-refractivity contribution in [1.29, 1.82) is 0 Å². The molecule has 2 saturated heterocycles. The molecule has 0 N–H and O–H groups in total. The van der Waals surface area contributed by atoms with Crippen LogP contribution in [-0.2, 0) is 14.8 Å². The maximum absolute atomic E-state index is 13.4. The molecule has 0 unspecified atom stereocenters. The van der Waals surface area contributed by atoms with Crippen LogP contribution in [0.5, 0.6) is 0 Å². The van der Waals surface area contributed by atoms with Gasteiger partial charge in [-0.05, 0) is 12.1 Å². The van der Waals surface area contributed by atoms with E-state index in [4.69, 9.17) is 4.74 Å². The molecule has 0 radical (unpaired) electrons. The number of anilines is 2. The minimum Gasteiger partial charge on any atom is -0.378 e. The van der Waals surface area contributed by atoms with Crippen molar-refractivity contribution in [2.75, 3.05) is 62.3 Å². The molecule has 3 heterocycles. The predicted octanol–water partition coefficient (Wildman–Crippen LogP) is 1.10. The van der Waals surface area contributed by atoms with E-state index in [-0.39, 0.29) is 18.0 Å². The van der Waals surface area contributed by atoms with Crippen LogP contribution >= 0.6 is 0 Å². The number of aromatic nitrogens is 2. The van der Waals surface area contributed by atoms with Crippen LogP contribution in [0, 0.1) is 11.6 Å². The second kappa shape index (κ2) is 8.17. The Morgan fingerprint density at radius 2 is 1.52 bits per heavy atom. The lowest BCUT2D eigenvalue weighted by atomic mass is 10.3. The largest absolute Gasteiger partial charge is 0.378 e. The number of sulfonamides is 1. The Balaban J connectivity index is 1.45. The third-order valence-electron chi connectivity index (χ3n) is 5.04. The van der Waals surface area contributed by atoms with Gasteiger partial charge in [0.2, 0.25) is 10.0 Å². The minimum absolute atomic E-state index is 0.204. The lowest BCUT2D eigenvalue weighted by molar-refractivity contribution is 0.122. The smallest absolute Gasteiger partial charge is 0.243 e. The Labute approximate surface area is 167 Å². The summed E-state index contributed by atoms with van der Waals surface area (Å²) >= 11 is 0. The van der Waals surface area contributed by atoms with E-state index in [1.54, 1.807) is 6.20 Å². The summed E-state index contributed by atoms with van der Waals surface area (Å²) < 4.78 is 58.9. The highest BCUT2D eigenvalue weighted by atomic mass is 32.2. The van der Waals surface area contributed by atoms with E-state index in [0.717, 1.165) is 36.7 Å². The molecule has 4 rings (SSSR count). The van der Waals surface area contributed by atoms with Crippen molar-refractivity contribution in [3.63, 3.8) is 0 Å². The van der Waals surface area contributed by atoms with Gasteiger partial charge in [0.15, 0.2) is 5.82 Å². The highest BCUT2D eigenvalue weighted by molar-refractivity contribution is 7.89. The molecule has 2 aliphatic rings. The van der Waals surface area contributed by atoms with Gasteiger partial charge in [-0.1, -0.05) is 0 Å². The second-order valence-corrected chi connectivity index (χ2v) is 8.81. The van der Waals surface area contributed by atoms with E-state index >= 15 is 0 Å². The summed E-state index contributed by atoms with van der Waals surface area (Å²) in [4.78, 5) is 3.75. The van der Waals surface area contributed by atoms with Crippen molar-refractivity contribution >= 4 is 21.5 Å². The van der Waals surface area contributed by atoms with E-state index in [1.165, 1.54) is 4.31 Å². The first kappa shape index (κ1) is 19.9. The second-order valence-electron chi connectivity index (χ2n) is 6.87. The first-order chi connectivity index (χ1) is 13.9. The van der Waals surface area contributed by atoms with Crippen LogP contribution in [0.25, 0.3) is 0 Å². The molecule has 1 aromatic heterocycles. The van der Waals surface area contributed by atoms with Crippen LogP contribution < -0.4 is 9.80 Å². The molecule has 1 aromatic carbocycles. The zero-order valence-electron chi connectivity index (χ0n) is 15.7. The normalized spacial score (nSPS) is 18.8. The topological polar surface area (TPSA) is 78.9 Å². The molecule has 156 valence electrons. The summed E-state index contributed by atoms with van der Waals surface area (Å²) in [6.45, 7) is 4.05. The summed E-state index contributed by atoms with van der Waals surface area (Å²) in [7, 11) is -3.96. The number of benzene rings is 1. The molecule has 0 bridgehead atoms. The van der Waals surface area contributed by atoms with Gasteiger partial charge in [0.25, 0.3) is 0 Å². The van der Waals surface area contributed by atoms with Crippen molar-refractivity contribution in [1.82, 2.24) is 14.5 Å². The number of halogens is 2. The molecule has 11 heteroatoms. The van der Waals surface area contributed by atoms with E-state index in [0.29, 0.717) is 32.4 Å². The van der Waals surface area contributed by atoms with E-state index in [1.807, 2.05) is 11.0 Å². The molecule has 29 heavy (non-hydrogen) atoms. The van der Waals surface area contributed by atoms with Gasteiger partial charge in [0.1, 0.15) is 11.6 Å². The van der Waals surface area contributed by atoms with Crippen molar-refractivity contribution in [3.05, 3.63) is 42.1 Å². The fourth-order valence-corrected chi connectivity index (χ4v) is 4.94. The SMILES string of the molecule is O=S(=O)(c1cc(F)cc(F)c1)N1CCN(c2cnnc(N3CCOCC3)c2)CC1. The first-order valence-electron chi connectivity index (χ1n) is 9.30. The van der Waals surface area contributed by atoms with Crippen molar-refractivity contribution in [2.24, 2.45) is 0 Å². The molecule has 2 fully saturated rings. The van der Waals surface area contributed by atoms with Crippen LogP contribution in [0.15, 0.2) is 35.4 Å². The number of hydrogen-bond donors (Lipinski definition) is 0. The molecule has 0 spiro atoms. The van der Waals surface area contributed by atoms with Gasteiger partial charge < -0.3 is 14.5 Å². The molecule has 8 nitrogen and oxygen atoms in total. The Bertz CT molecular complexity index is 957. The Hall–Kier alpha value is -2.37. The predicted molar refractivity (Wildman–Crippen MR) is 102 cm³/mol. The van der Waals surface area contributed by atoms with Gasteiger partial charge >= 0.3 is 0 Å². The fourth-order valence-electron chi connectivity index (χ4n) is 3.48. The Morgan fingerprint density at radius 1 is 0.862 bits per heavy atom. The van der Waals surface area contributed by atoms with Gasteiger partial charge in [-0.25, -0.2) is 17.2 Å². The number of morpholine rings is 1. The summed E-state index contributed by atoms with van der Waals surface area (Å²) in [6, 6.07) is 4.27. The summed E-state index contributed by atoms with van der Waals surface area (Å²) in [6.07, 6.45) is 1.65. The lowest BCUT2D eigenvalue weighted by Crippen LogP contribution is -2.48. The molecule has 0 saturated carbocycles. The third-order valence-corrected chi connectivity index (χ3v) is 6.92. The third kappa shape index (κ3) is 4.31. The van der Waals surface area contributed by atoms with Crippen molar-refractivity contribution in [3.8, 4) is 0 Å². The zero-order valence-corrected chi connectivity index (χ0v) is 16.5. The molecular formula is C18H21F2N5O3S. The molecule has 2 aliphatic heterocycles. The average Bonchev–Trinajstić information content (AvgIpc) is 2.74. The van der Waals surface area contributed by atoms with Crippen molar-refractivity contribution < 1.29 is 21.9 Å². The molecular weight excluding hydrogens is 404 g/mol. The van der Waals surface area contributed by atoms with E-state index in [9.17, 15) is 17.2 Å². The van der Waals surface area contributed by atoms with Crippen LogP contribution in [0.3, 0.4) is 0 Å². The fraction of sp³-hybridized carbons (Fsp3) is 0.444. The summed E-state index contributed by atoms with van der Waals surface area (Å²) in [5.41, 5.74) is 0.857. The molecule has 0 atom stereocenters. The first-order valence-corrected chi connectivity index (χ1v) is 10.7. The van der Waals surface area contributed by atoms with Gasteiger partial charge in [-0.3, -0.25) is 0 Å². The Kier molecular flexibility index (Phi) is 5.61. The van der Waals surface area contributed by atoms with Gasteiger partial charge in [-0.15, -0.1) is 5.10 Å². The number of hydrogen-bond acceptors (Lipinski definition) is 7. The highest BCUT2D eigenvalue weighted by Gasteiger charge is 2.29. The Morgan fingerprint density at radius 3 is 2.17 bits per heavy atom. The maximum atomic E-state index is 13.4. The number of piperazine rings is 1. The monoisotopic (exact) mass is 425 g/mol.